The molecule has 1 aliphatic heterocycles. The Kier molecular flexibility index (Phi) is 7.41. The third-order valence-corrected chi connectivity index (χ3v) is 6.57. The number of dihydropyridines is 1. The Balaban J connectivity index is 1.80. The largest absolute Gasteiger partial charge is 0.463 e. The lowest BCUT2D eigenvalue weighted by molar-refractivity contribution is -0.139. The summed E-state index contributed by atoms with van der Waals surface area (Å²) in [7, 11) is 0. The lowest BCUT2D eigenvalue weighted by Crippen LogP contribution is -2.32. The molecule has 35 heavy (non-hydrogen) atoms. The van der Waals surface area contributed by atoms with Gasteiger partial charge in [-0.3, -0.25) is 4.98 Å². The molecule has 3 heterocycles. The summed E-state index contributed by atoms with van der Waals surface area (Å²) in [5.41, 5.74) is 5.55. The number of ether oxygens (including phenoxy) is 2. The predicted octanol–water partition coefficient (Wildman–Crippen LogP) is 5.23. The van der Waals surface area contributed by atoms with Crippen LogP contribution in [-0.2, 0) is 19.1 Å². The molecule has 0 spiro atoms. The Labute approximate surface area is 208 Å². The summed E-state index contributed by atoms with van der Waals surface area (Å²) in [6, 6.07) is 11.6. The molecule has 0 fully saturated rings. The van der Waals surface area contributed by atoms with Crippen molar-refractivity contribution in [3.63, 3.8) is 0 Å². The normalized spacial score (nSPS) is 14.1. The number of benzene rings is 1. The number of hydrogen-bond acceptors (Lipinski definition) is 8. The van der Waals surface area contributed by atoms with Gasteiger partial charge in [-0.15, -0.1) is 11.3 Å². The first-order chi connectivity index (χ1) is 16.9. The third kappa shape index (κ3) is 5.02. The van der Waals surface area contributed by atoms with Crippen molar-refractivity contribution in [2.24, 2.45) is 0 Å². The molecule has 0 saturated carbocycles. The molecule has 0 aliphatic carbocycles. The van der Waals surface area contributed by atoms with Gasteiger partial charge in [0.25, 0.3) is 0 Å². The molecule has 0 unspecified atom stereocenters. The second kappa shape index (κ2) is 10.7. The van der Waals surface area contributed by atoms with Crippen LogP contribution in [-0.4, -0.2) is 35.1 Å². The minimum absolute atomic E-state index is 0.232. The molecular formula is C27H27N3O4S. The average molecular weight is 490 g/mol. The van der Waals surface area contributed by atoms with Gasteiger partial charge < -0.3 is 14.8 Å². The van der Waals surface area contributed by atoms with Crippen molar-refractivity contribution in [2.75, 3.05) is 13.2 Å². The molecule has 0 radical (unpaired) electrons. The van der Waals surface area contributed by atoms with E-state index >= 15 is 0 Å². The van der Waals surface area contributed by atoms with E-state index in [0.29, 0.717) is 22.5 Å². The first-order valence-corrected chi connectivity index (χ1v) is 12.3. The maximum absolute atomic E-state index is 13.0. The Morgan fingerprint density at radius 1 is 0.971 bits per heavy atom. The number of pyridine rings is 1. The van der Waals surface area contributed by atoms with Crippen molar-refractivity contribution in [1.82, 2.24) is 15.3 Å². The molecule has 2 aromatic heterocycles. The van der Waals surface area contributed by atoms with Crippen LogP contribution in [0.3, 0.4) is 0 Å². The number of carbonyl (C=O) groups is 2. The van der Waals surface area contributed by atoms with E-state index in [1.54, 1.807) is 26.2 Å². The van der Waals surface area contributed by atoms with Crippen molar-refractivity contribution >= 4 is 23.3 Å². The van der Waals surface area contributed by atoms with E-state index in [1.165, 1.54) is 11.3 Å². The Bertz CT molecular complexity index is 1270. The van der Waals surface area contributed by atoms with Crippen molar-refractivity contribution in [1.29, 1.82) is 0 Å². The van der Waals surface area contributed by atoms with E-state index in [-0.39, 0.29) is 13.2 Å². The van der Waals surface area contributed by atoms with Gasteiger partial charge in [-0.05, 0) is 51.5 Å². The van der Waals surface area contributed by atoms with E-state index in [4.69, 9.17) is 14.5 Å². The predicted molar refractivity (Wildman–Crippen MR) is 135 cm³/mol. The minimum atomic E-state index is -0.632. The van der Waals surface area contributed by atoms with Crippen molar-refractivity contribution < 1.29 is 19.1 Å². The van der Waals surface area contributed by atoms with Crippen molar-refractivity contribution in [3.8, 4) is 21.8 Å². The lowest BCUT2D eigenvalue weighted by Gasteiger charge is -2.30. The summed E-state index contributed by atoms with van der Waals surface area (Å²) in [5.74, 6) is -1.56. The molecule has 0 bridgehead atoms. The molecule has 8 heteroatoms. The summed E-state index contributed by atoms with van der Waals surface area (Å²) < 4.78 is 10.7. The molecule has 3 aromatic rings. The van der Waals surface area contributed by atoms with Crippen LogP contribution < -0.4 is 5.32 Å². The highest BCUT2D eigenvalue weighted by atomic mass is 32.1. The highest BCUT2D eigenvalue weighted by Gasteiger charge is 2.38. The fourth-order valence-corrected chi connectivity index (χ4v) is 5.02. The number of rotatable bonds is 7. The van der Waals surface area contributed by atoms with Crippen LogP contribution in [0.1, 0.15) is 39.2 Å². The van der Waals surface area contributed by atoms with E-state index in [2.05, 4.69) is 10.3 Å². The molecule has 0 amide bonds. The van der Waals surface area contributed by atoms with Crippen LogP contribution in [0.2, 0.25) is 0 Å². The van der Waals surface area contributed by atoms with E-state index < -0.39 is 17.9 Å². The fraction of sp³-hybridized carbons (Fsp3) is 0.259. The Morgan fingerprint density at radius 3 is 2.23 bits per heavy atom. The van der Waals surface area contributed by atoms with Gasteiger partial charge in [0.05, 0.1) is 36.0 Å². The number of nitrogens with zero attached hydrogens (tertiary/aromatic N) is 2. The Morgan fingerprint density at radius 2 is 1.63 bits per heavy atom. The molecule has 4 rings (SSSR count). The van der Waals surface area contributed by atoms with E-state index in [0.717, 1.165) is 27.4 Å². The average Bonchev–Trinajstić information content (AvgIpc) is 3.35. The summed E-state index contributed by atoms with van der Waals surface area (Å²) in [6.45, 7) is 7.61. The second-order valence-electron chi connectivity index (χ2n) is 7.98. The van der Waals surface area contributed by atoms with E-state index in [9.17, 15) is 9.59 Å². The maximum atomic E-state index is 13.0. The van der Waals surface area contributed by atoms with Crippen LogP contribution in [0.15, 0.2) is 76.7 Å². The zero-order chi connectivity index (χ0) is 24.9. The number of allylic oxidation sites excluding steroid dienone is 2. The van der Waals surface area contributed by atoms with Crippen molar-refractivity contribution in [2.45, 2.75) is 33.6 Å². The fourth-order valence-electron chi connectivity index (χ4n) is 4.19. The number of esters is 2. The second-order valence-corrected chi connectivity index (χ2v) is 8.84. The summed E-state index contributed by atoms with van der Waals surface area (Å²) in [6.07, 6.45) is 3.51. The molecule has 180 valence electrons. The number of aromatic nitrogens is 2. The van der Waals surface area contributed by atoms with Gasteiger partial charge in [-0.2, -0.15) is 0 Å². The zero-order valence-electron chi connectivity index (χ0n) is 20.1. The van der Waals surface area contributed by atoms with Gasteiger partial charge in [0, 0.05) is 40.3 Å². The quantitative estimate of drug-likeness (QED) is 0.454. The highest BCUT2D eigenvalue weighted by Crippen LogP contribution is 2.40. The smallest absolute Gasteiger partial charge is 0.336 e. The molecule has 7 nitrogen and oxygen atoms in total. The number of nitrogens with one attached hydrogen (secondary N) is 1. The summed E-state index contributed by atoms with van der Waals surface area (Å²) in [4.78, 5) is 35.0. The minimum Gasteiger partial charge on any atom is -0.463 e. The summed E-state index contributed by atoms with van der Waals surface area (Å²) >= 11 is 1.53. The highest BCUT2D eigenvalue weighted by molar-refractivity contribution is 7.13. The van der Waals surface area contributed by atoms with Crippen LogP contribution in [0.25, 0.3) is 21.8 Å². The molecular weight excluding hydrogens is 462 g/mol. The van der Waals surface area contributed by atoms with Gasteiger partial charge >= 0.3 is 11.9 Å². The molecule has 1 aromatic carbocycles. The van der Waals surface area contributed by atoms with Crippen molar-refractivity contribution in [3.05, 3.63) is 82.3 Å². The van der Waals surface area contributed by atoms with Gasteiger partial charge in [0.1, 0.15) is 5.01 Å². The maximum Gasteiger partial charge on any atom is 0.336 e. The summed E-state index contributed by atoms with van der Waals surface area (Å²) in [5, 5.41) is 5.99. The van der Waals surface area contributed by atoms with Gasteiger partial charge in [0.2, 0.25) is 0 Å². The van der Waals surface area contributed by atoms with Crippen LogP contribution in [0.4, 0.5) is 0 Å². The number of hydrogen-bond donors (Lipinski definition) is 1. The molecule has 1 aliphatic rings. The standard InChI is InChI=1S/C27H27N3O4S/c1-5-33-26(31)22-16(3)29-17(4)23(27(32)34-6-2)24(22)18-9-7-10-19(13-18)25-30-21(15-35-25)20-11-8-12-28-14-20/h7-15,24,29H,5-6H2,1-4H3. The Hall–Kier alpha value is -3.78. The monoisotopic (exact) mass is 489 g/mol. The van der Waals surface area contributed by atoms with E-state index in [1.807, 2.05) is 55.6 Å². The van der Waals surface area contributed by atoms with Gasteiger partial charge in [-0.1, -0.05) is 18.2 Å². The van der Waals surface area contributed by atoms with Crippen LogP contribution in [0, 0.1) is 0 Å². The SMILES string of the molecule is CCOC(=O)C1=C(C)NC(C)=C(C(=O)OCC)C1c1cccc(-c2nc(-c3cccnc3)cs2)c1. The number of carbonyl (C=O) groups excluding carboxylic acids is 2. The van der Waals surface area contributed by atoms with Crippen LogP contribution >= 0.6 is 11.3 Å². The topological polar surface area (TPSA) is 90.4 Å². The molecule has 1 N–H and O–H groups in total. The first-order valence-electron chi connectivity index (χ1n) is 11.4. The zero-order valence-corrected chi connectivity index (χ0v) is 20.9. The third-order valence-electron chi connectivity index (χ3n) is 5.68. The molecule has 0 saturated heterocycles. The first kappa shape index (κ1) is 24.3. The van der Waals surface area contributed by atoms with Gasteiger partial charge in [-0.25, -0.2) is 14.6 Å². The van der Waals surface area contributed by atoms with Crippen LogP contribution in [0.5, 0.6) is 0 Å². The number of thiazole rings is 1. The van der Waals surface area contributed by atoms with Gasteiger partial charge in [0.15, 0.2) is 0 Å². The lowest BCUT2D eigenvalue weighted by atomic mass is 9.80. The molecule has 0 atom stereocenters.